The standard InChI is InChI=1S/C21H28N4O/c1-8-15(4)20(16(5)14(2)3)23-21-17-10-12-25(13-19(26)24(6)7)18(17)9-11-22-21/h8-12,14H,1,5,13H2,2-4,6-7H3,(H,22,23)/b20-15+. The summed E-state index contributed by atoms with van der Waals surface area (Å²) in [5.41, 5.74) is 3.92. The zero-order valence-electron chi connectivity index (χ0n) is 16.3. The highest BCUT2D eigenvalue weighted by Crippen LogP contribution is 2.28. The summed E-state index contributed by atoms with van der Waals surface area (Å²) in [6, 6.07) is 3.90. The second-order valence-electron chi connectivity index (χ2n) is 6.89. The molecular formula is C21H28N4O. The number of fused-ring (bicyclic) bond motifs is 1. The highest BCUT2D eigenvalue weighted by atomic mass is 16.2. The van der Waals surface area contributed by atoms with Crippen LogP contribution < -0.4 is 5.32 Å². The molecule has 1 N–H and O–H groups in total. The summed E-state index contributed by atoms with van der Waals surface area (Å²) in [6.45, 7) is 14.6. The quantitative estimate of drug-likeness (QED) is 0.760. The number of carbonyl (C=O) groups is 1. The Hall–Kier alpha value is -2.82. The highest BCUT2D eigenvalue weighted by molar-refractivity contribution is 5.92. The molecule has 0 spiro atoms. The van der Waals surface area contributed by atoms with Crippen LogP contribution in [-0.2, 0) is 11.3 Å². The van der Waals surface area contributed by atoms with Gasteiger partial charge in [0.2, 0.25) is 5.91 Å². The second kappa shape index (κ2) is 8.04. The molecule has 0 atom stereocenters. The van der Waals surface area contributed by atoms with E-state index in [-0.39, 0.29) is 5.91 Å². The number of likely N-dealkylation sites (N-methyl/N-ethyl adjacent to an activating group) is 1. The molecule has 0 saturated carbocycles. The van der Waals surface area contributed by atoms with Gasteiger partial charge in [-0.25, -0.2) is 4.98 Å². The molecule has 2 aromatic rings. The molecule has 5 heteroatoms. The number of nitrogens with zero attached hydrogens (tertiary/aromatic N) is 3. The van der Waals surface area contributed by atoms with Gasteiger partial charge in [-0.15, -0.1) is 0 Å². The summed E-state index contributed by atoms with van der Waals surface area (Å²) in [7, 11) is 3.52. The molecule has 1 amide bonds. The minimum Gasteiger partial charge on any atom is -0.347 e. The van der Waals surface area contributed by atoms with Gasteiger partial charge in [0.15, 0.2) is 0 Å². The molecule has 0 aliphatic heterocycles. The fourth-order valence-electron chi connectivity index (χ4n) is 2.59. The SMILES string of the molecule is C=C/C(C)=C(/Nc1nccc2c1ccn2CC(=O)N(C)C)C(=C)C(C)C. The molecule has 2 heterocycles. The zero-order valence-corrected chi connectivity index (χ0v) is 16.3. The Kier molecular flexibility index (Phi) is 6.03. The number of nitrogens with one attached hydrogen (secondary N) is 1. The predicted octanol–water partition coefficient (Wildman–Crippen LogP) is 4.21. The van der Waals surface area contributed by atoms with Gasteiger partial charge in [-0.05, 0) is 36.1 Å². The number of aromatic nitrogens is 2. The van der Waals surface area contributed by atoms with E-state index >= 15 is 0 Å². The van der Waals surface area contributed by atoms with Crippen molar-refractivity contribution in [3.63, 3.8) is 0 Å². The van der Waals surface area contributed by atoms with Crippen molar-refractivity contribution >= 4 is 22.6 Å². The van der Waals surface area contributed by atoms with Gasteiger partial charge >= 0.3 is 0 Å². The van der Waals surface area contributed by atoms with Crippen LogP contribution in [0.4, 0.5) is 5.82 Å². The number of anilines is 1. The number of hydrogen-bond acceptors (Lipinski definition) is 3. The smallest absolute Gasteiger partial charge is 0.241 e. The highest BCUT2D eigenvalue weighted by Gasteiger charge is 2.14. The lowest BCUT2D eigenvalue weighted by Gasteiger charge is -2.19. The molecule has 0 aromatic carbocycles. The first-order valence-electron chi connectivity index (χ1n) is 8.69. The van der Waals surface area contributed by atoms with Gasteiger partial charge < -0.3 is 14.8 Å². The van der Waals surface area contributed by atoms with Gasteiger partial charge in [-0.3, -0.25) is 4.79 Å². The van der Waals surface area contributed by atoms with Gasteiger partial charge in [0.25, 0.3) is 0 Å². The normalized spacial score (nSPS) is 12.1. The summed E-state index contributed by atoms with van der Waals surface area (Å²) in [5, 5.41) is 4.40. The van der Waals surface area contributed by atoms with Crippen molar-refractivity contribution in [2.45, 2.75) is 27.3 Å². The summed E-state index contributed by atoms with van der Waals surface area (Å²) in [4.78, 5) is 18.1. The lowest BCUT2D eigenvalue weighted by atomic mass is 9.98. The van der Waals surface area contributed by atoms with E-state index < -0.39 is 0 Å². The van der Waals surface area contributed by atoms with Crippen LogP contribution in [-0.4, -0.2) is 34.5 Å². The second-order valence-corrected chi connectivity index (χ2v) is 6.89. The maximum atomic E-state index is 12.1. The Bertz CT molecular complexity index is 871. The van der Waals surface area contributed by atoms with Gasteiger partial charge in [-0.1, -0.05) is 33.1 Å². The van der Waals surface area contributed by atoms with Gasteiger partial charge in [0, 0.05) is 37.6 Å². The molecule has 2 aromatic heterocycles. The van der Waals surface area contributed by atoms with Crippen LogP contribution in [0.25, 0.3) is 10.9 Å². The average Bonchev–Trinajstić information content (AvgIpc) is 3.01. The number of allylic oxidation sites excluding steroid dienone is 3. The molecule has 0 saturated heterocycles. The Morgan fingerprint density at radius 2 is 2.08 bits per heavy atom. The third-order valence-electron chi connectivity index (χ3n) is 4.46. The summed E-state index contributed by atoms with van der Waals surface area (Å²) in [5.74, 6) is 1.09. The van der Waals surface area contributed by atoms with E-state index in [4.69, 9.17) is 0 Å². The minimum absolute atomic E-state index is 0.0464. The molecule has 26 heavy (non-hydrogen) atoms. The van der Waals surface area contributed by atoms with Gasteiger partial charge in [0.1, 0.15) is 12.4 Å². The first-order chi connectivity index (χ1) is 12.3. The fourth-order valence-corrected chi connectivity index (χ4v) is 2.59. The summed E-state index contributed by atoms with van der Waals surface area (Å²) in [6.07, 6.45) is 5.48. The molecule has 0 radical (unpaired) electrons. The monoisotopic (exact) mass is 352 g/mol. The van der Waals surface area contributed by atoms with E-state index in [1.807, 2.05) is 35.9 Å². The van der Waals surface area contributed by atoms with E-state index in [0.717, 1.165) is 33.6 Å². The van der Waals surface area contributed by atoms with Crippen LogP contribution in [0.1, 0.15) is 20.8 Å². The molecule has 0 fully saturated rings. The van der Waals surface area contributed by atoms with Crippen LogP contribution in [0.3, 0.4) is 0 Å². The lowest BCUT2D eigenvalue weighted by Crippen LogP contribution is -2.25. The Morgan fingerprint density at radius 3 is 2.65 bits per heavy atom. The van der Waals surface area contributed by atoms with Crippen molar-refractivity contribution in [2.24, 2.45) is 5.92 Å². The minimum atomic E-state index is 0.0464. The molecule has 0 aliphatic rings. The van der Waals surface area contributed by atoms with E-state index in [0.29, 0.717) is 12.5 Å². The van der Waals surface area contributed by atoms with Crippen molar-refractivity contribution in [3.8, 4) is 0 Å². The van der Waals surface area contributed by atoms with Gasteiger partial charge in [-0.2, -0.15) is 0 Å². The predicted molar refractivity (Wildman–Crippen MR) is 109 cm³/mol. The van der Waals surface area contributed by atoms with Gasteiger partial charge in [0.05, 0.1) is 5.52 Å². The lowest BCUT2D eigenvalue weighted by molar-refractivity contribution is -0.129. The van der Waals surface area contributed by atoms with Crippen LogP contribution in [0, 0.1) is 5.92 Å². The van der Waals surface area contributed by atoms with Crippen LogP contribution >= 0.6 is 0 Å². The first kappa shape index (κ1) is 19.5. The largest absolute Gasteiger partial charge is 0.347 e. The molecule has 2 rings (SSSR count). The number of rotatable bonds is 7. The van der Waals surface area contributed by atoms with Crippen LogP contribution in [0.2, 0.25) is 0 Å². The summed E-state index contributed by atoms with van der Waals surface area (Å²) < 4.78 is 1.94. The van der Waals surface area contributed by atoms with E-state index in [1.165, 1.54) is 0 Å². The van der Waals surface area contributed by atoms with E-state index in [9.17, 15) is 4.79 Å². The topological polar surface area (TPSA) is 50.2 Å². The Morgan fingerprint density at radius 1 is 1.38 bits per heavy atom. The molecule has 138 valence electrons. The van der Waals surface area contributed by atoms with Crippen molar-refractivity contribution in [1.82, 2.24) is 14.5 Å². The number of carbonyl (C=O) groups excluding carboxylic acids is 1. The number of pyridine rings is 1. The molecule has 5 nitrogen and oxygen atoms in total. The van der Waals surface area contributed by atoms with Crippen molar-refractivity contribution < 1.29 is 4.79 Å². The molecule has 0 aliphatic carbocycles. The first-order valence-corrected chi connectivity index (χ1v) is 8.69. The van der Waals surface area contributed by atoms with Crippen molar-refractivity contribution in [1.29, 1.82) is 0 Å². The molecular weight excluding hydrogens is 324 g/mol. The Labute approximate surface area is 155 Å². The third-order valence-corrected chi connectivity index (χ3v) is 4.46. The van der Waals surface area contributed by atoms with Crippen LogP contribution in [0.5, 0.6) is 0 Å². The maximum absolute atomic E-state index is 12.1. The number of amides is 1. The van der Waals surface area contributed by atoms with E-state index in [1.54, 1.807) is 25.2 Å². The fraction of sp³-hybridized carbons (Fsp3) is 0.333. The maximum Gasteiger partial charge on any atom is 0.241 e. The van der Waals surface area contributed by atoms with Crippen molar-refractivity contribution in [3.05, 3.63) is 60.6 Å². The zero-order chi connectivity index (χ0) is 19.4. The molecule has 0 unspecified atom stereocenters. The third kappa shape index (κ3) is 4.04. The molecule has 0 bridgehead atoms. The summed E-state index contributed by atoms with van der Waals surface area (Å²) >= 11 is 0. The van der Waals surface area contributed by atoms with Crippen molar-refractivity contribution in [2.75, 3.05) is 19.4 Å². The van der Waals surface area contributed by atoms with Crippen LogP contribution in [0.15, 0.2) is 60.6 Å². The Balaban J connectivity index is 2.44. The average molecular weight is 352 g/mol. The van der Waals surface area contributed by atoms with E-state index in [2.05, 4.69) is 37.3 Å². The number of hydrogen-bond donors (Lipinski definition) is 1.